The zero-order valence-corrected chi connectivity index (χ0v) is 13.7. The van der Waals surface area contributed by atoms with E-state index < -0.39 is 0 Å². The molecule has 0 radical (unpaired) electrons. The third kappa shape index (κ3) is 4.35. The van der Waals surface area contributed by atoms with Gasteiger partial charge in [0.15, 0.2) is 0 Å². The van der Waals surface area contributed by atoms with Gasteiger partial charge in [-0.3, -0.25) is 9.36 Å². The van der Waals surface area contributed by atoms with Crippen LogP contribution >= 0.6 is 12.4 Å². The van der Waals surface area contributed by atoms with Crippen LogP contribution in [0, 0.1) is 5.92 Å². The summed E-state index contributed by atoms with van der Waals surface area (Å²) in [6.45, 7) is 4.56. The summed E-state index contributed by atoms with van der Waals surface area (Å²) < 4.78 is 1.44. The molecule has 1 unspecified atom stereocenters. The summed E-state index contributed by atoms with van der Waals surface area (Å²) in [5, 5.41) is 2.89. The molecular formula is C15H23ClN4O2. The standard InChI is InChI=1S/C15H22N4O2.ClH/c1-10(2)7-11(8-16)17-14(20)9-19-13-6-4-3-5-12(13)18-15(19)21;/h3-6,10-11H,7-9,16H2,1-2H3,(H,17,20)(H,18,21);1H. The molecule has 122 valence electrons. The molecule has 1 aromatic heterocycles. The average molecular weight is 327 g/mol. The zero-order valence-electron chi connectivity index (χ0n) is 12.8. The molecule has 1 aromatic carbocycles. The third-order valence-electron chi connectivity index (χ3n) is 3.39. The second-order valence-electron chi connectivity index (χ2n) is 5.66. The van der Waals surface area contributed by atoms with Crippen molar-refractivity contribution < 1.29 is 4.79 Å². The number of nitrogens with two attached hydrogens (primary N) is 1. The third-order valence-corrected chi connectivity index (χ3v) is 3.39. The second-order valence-corrected chi connectivity index (χ2v) is 5.66. The highest BCUT2D eigenvalue weighted by atomic mass is 35.5. The number of amides is 1. The van der Waals surface area contributed by atoms with Crippen LogP contribution in [0.5, 0.6) is 0 Å². The lowest BCUT2D eigenvalue weighted by Crippen LogP contribution is -2.43. The summed E-state index contributed by atoms with van der Waals surface area (Å²) in [5.41, 5.74) is 6.85. The predicted molar refractivity (Wildman–Crippen MR) is 90.2 cm³/mol. The number of rotatable bonds is 6. The molecular weight excluding hydrogens is 304 g/mol. The molecule has 0 bridgehead atoms. The lowest BCUT2D eigenvalue weighted by atomic mass is 10.0. The minimum Gasteiger partial charge on any atom is -0.351 e. The molecule has 0 aliphatic heterocycles. The number of halogens is 1. The van der Waals surface area contributed by atoms with Gasteiger partial charge in [-0.15, -0.1) is 12.4 Å². The van der Waals surface area contributed by atoms with E-state index in [2.05, 4.69) is 24.1 Å². The van der Waals surface area contributed by atoms with Gasteiger partial charge in [-0.25, -0.2) is 4.79 Å². The Bertz CT molecular complexity index is 677. The number of carbonyl (C=O) groups is 1. The highest BCUT2D eigenvalue weighted by molar-refractivity contribution is 5.85. The van der Waals surface area contributed by atoms with Crippen molar-refractivity contribution in [2.24, 2.45) is 11.7 Å². The van der Waals surface area contributed by atoms with Crippen molar-refractivity contribution in [1.29, 1.82) is 0 Å². The first-order valence-corrected chi connectivity index (χ1v) is 7.18. The maximum Gasteiger partial charge on any atom is 0.326 e. The number of benzene rings is 1. The molecule has 0 saturated carbocycles. The van der Waals surface area contributed by atoms with Crippen LogP contribution in [0.3, 0.4) is 0 Å². The number of imidazole rings is 1. The van der Waals surface area contributed by atoms with Crippen LogP contribution < -0.4 is 16.7 Å². The Labute approximate surface area is 135 Å². The number of para-hydroxylation sites is 2. The molecule has 0 spiro atoms. The molecule has 0 aliphatic carbocycles. The first-order valence-electron chi connectivity index (χ1n) is 7.18. The highest BCUT2D eigenvalue weighted by Crippen LogP contribution is 2.09. The molecule has 0 aliphatic rings. The monoisotopic (exact) mass is 326 g/mol. The van der Waals surface area contributed by atoms with Crippen LogP contribution in [-0.4, -0.2) is 28.0 Å². The quantitative estimate of drug-likeness (QED) is 0.745. The second kappa shape index (κ2) is 8.00. The molecule has 4 N–H and O–H groups in total. The van der Waals surface area contributed by atoms with Crippen molar-refractivity contribution in [1.82, 2.24) is 14.9 Å². The van der Waals surface area contributed by atoms with Gasteiger partial charge in [0, 0.05) is 12.6 Å². The van der Waals surface area contributed by atoms with Crippen LogP contribution in [0.1, 0.15) is 20.3 Å². The van der Waals surface area contributed by atoms with Crippen molar-refractivity contribution in [3.05, 3.63) is 34.7 Å². The van der Waals surface area contributed by atoms with E-state index in [-0.39, 0.29) is 36.6 Å². The number of nitrogens with one attached hydrogen (secondary N) is 2. The van der Waals surface area contributed by atoms with E-state index in [1.165, 1.54) is 4.57 Å². The van der Waals surface area contributed by atoms with E-state index in [4.69, 9.17) is 5.73 Å². The van der Waals surface area contributed by atoms with Crippen LogP contribution in [0.15, 0.2) is 29.1 Å². The zero-order chi connectivity index (χ0) is 15.4. The maximum absolute atomic E-state index is 12.1. The van der Waals surface area contributed by atoms with Crippen LogP contribution in [0.2, 0.25) is 0 Å². The predicted octanol–water partition coefficient (Wildman–Crippen LogP) is 1.24. The largest absolute Gasteiger partial charge is 0.351 e. The molecule has 1 amide bonds. The fraction of sp³-hybridized carbons (Fsp3) is 0.467. The van der Waals surface area contributed by atoms with E-state index in [9.17, 15) is 9.59 Å². The first kappa shape index (κ1) is 18.3. The fourth-order valence-corrected chi connectivity index (χ4v) is 2.46. The number of carbonyl (C=O) groups excluding carboxylic acids is 1. The summed E-state index contributed by atoms with van der Waals surface area (Å²) in [6.07, 6.45) is 0.824. The summed E-state index contributed by atoms with van der Waals surface area (Å²) in [6, 6.07) is 7.25. The molecule has 6 nitrogen and oxygen atoms in total. The Morgan fingerprint density at radius 1 is 1.36 bits per heavy atom. The number of H-pyrrole nitrogens is 1. The smallest absolute Gasteiger partial charge is 0.326 e. The van der Waals surface area contributed by atoms with Crippen molar-refractivity contribution >= 4 is 29.3 Å². The van der Waals surface area contributed by atoms with Gasteiger partial charge in [0.2, 0.25) is 5.91 Å². The molecule has 7 heteroatoms. The summed E-state index contributed by atoms with van der Waals surface area (Å²) in [7, 11) is 0. The highest BCUT2D eigenvalue weighted by Gasteiger charge is 2.15. The van der Waals surface area contributed by atoms with Gasteiger partial charge in [-0.1, -0.05) is 26.0 Å². The molecule has 2 aromatic rings. The van der Waals surface area contributed by atoms with Gasteiger partial charge < -0.3 is 16.0 Å². The lowest BCUT2D eigenvalue weighted by Gasteiger charge is -2.18. The summed E-state index contributed by atoms with van der Waals surface area (Å²) >= 11 is 0. The molecule has 22 heavy (non-hydrogen) atoms. The molecule has 1 heterocycles. The van der Waals surface area contributed by atoms with Gasteiger partial charge in [-0.2, -0.15) is 0 Å². The summed E-state index contributed by atoms with van der Waals surface area (Å²) in [4.78, 5) is 26.8. The molecule has 2 rings (SSSR count). The van der Waals surface area contributed by atoms with Crippen molar-refractivity contribution in [3.8, 4) is 0 Å². The Morgan fingerprint density at radius 3 is 2.68 bits per heavy atom. The van der Waals surface area contributed by atoms with Gasteiger partial charge in [0.25, 0.3) is 0 Å². The van der Waals surface area contributed by atoms with Gasteiger partial charge in [0.1, 0.15) is 6.54 Å². The number of hydrogen-bond acceptors (Lipinski definition) is 3. The van der Waals surface area contributed by atoms with E-state index in [0.717, 1.165) is 17.5 Å². The van der Waals surface area contributed by atoms with Crippen molar-refractivity contribution in [2.75, 3.05) is 6.54 Å². The fourth-order valence-electron chi connectivity index (χ4n) is 2.46. The molecule has 1 atom stereocenters. The van der Waals surface area contributed by atoms with E-state index in [0.29, 0.717) is 12.5 Å². The van der Waals surface area contributed by atoms with Crippen LogP contribution in [-0.2, 0) is 11.3 Å². The Hall–Kier alpha value is -1.79. The van der Waals surface area contributed by atoms with Gasteiger partial charge >= 0.3 is 5.69 Å². The summed E-state index contributed by atoms with van der Waals surface area (Å²) in [5.74, 6) is 0.257. The topological polar surface area (TPSA) is 92.9 Å². The Kier molecular flexibility index (Phi) is 6.64. The lowest BCUT2D eigenvalue weighted by molar-refractivity contribution is -0.122. The van der Waals surface area contributed by atoms with Crippen LogP contribution in [0.25, 0.3) is 11.0 Å². The maximum atomic E-state index is 12.1. The SMILES string of the molecule is CC(C)CC(CN)NC(=O)Cn1c(=O)[nH]c2ccccc21.Cl. The number of aromatic amines is 1. The number of hydrogen-bond donors (Lipinski definition) is 3. The number of aromatic nitrogens is 2. The number of fused-ring (bicyclic) bond motifs is 1. The van der Waals surface area contributed by atoms with Crippen molar-refractivity contribution in [2.45, 2.75) is 32.9 Å². The normalized spacial score (nSPS) is 12.2. The van der Waals surface area contributed by atoms with E-state index in [1.54, 1.807) is 0 Å². The minimum absolute atomic E-state index is 0. The Balaban J connectivity index is 0.00000242. The molecule has 0 saturated heterocycles. The first-order chi connectivity index (χ1) is 10.0. The van der Waals surface area contributed by atoms with Gasteiger partial charge in [0.05, 0.1) is 11.0 Å². The minimum atomic E-state index is -0.278. The van der Waals surface area contributed by atoms with E-state index >= 15 is 0 Å². The van der Waals surface area contributed by atoms with Gasteiger partial charge in [-0.05, 0) is 24.5 Å². The van der Waals surface area contributed by atoms with Crippen LogP contribution in [0.4, 0.5) is 0 Å². The molecule has 0 fully saturated rings. The van der Waals surface area contributed by atoms with Crippen molar-refractivity contribution in [3.63, 3.8) is 0 Å². The number of nitrogens with zero attached hydrogens (tertiary/aromatic N) is 1. The Morgan fingerprint density at radius 2 is 2.05 bits per heavy atom. The average Bonchev–Trinajstić information content (AvgIpc) is 2.74. The van der Waals surface area contributed by atoms with E-state index in [1.807, 2.05) is 24.3 Å².